The maximum absolute atomic E-state index is 12.3. The van der Waals surface area contributed by atoms with Gasteiger partial charge in [-0.25, -0.2) is 4.98 Å². The normalized spacial score (nSPS) is 13.1. The summed E-state index contributed by atoms with van der Waals surface area (Å²) >= 11 is 2.69. The van der Waals surface area contributed by atoms with Crippen LogP contribution in [-0.4, -0.2) is 21.6 Å². The predicted octanol–water partition coefficient (Wildman–Crippen LogP) is 2.88. The molecule has 3 rings (SSSR count). The van der Waals surface area contributed by atoms with Crippen molar-refractivity contribution in [3.05, 3.63) is 38.1 Å². The van der Waals surface area contributed by atoms with Gasteiger partial charge in [0.25, 0.3) is 5.56 Å². The Labute approximate surface area is 153 Å². The van der Waals surface area contributed by atoms with Gasteiger partial charge in [-0.15, -0.1) is 11.3 Å². The Bertz CT molecular complexity index is 895. The molecule has 2 aromatic rings. The van der Waals surface area contributed by atoms with E-state index in [1.807, 2.05) is 6.92 Å². The van der Waals surface area contributed by atoms with Crippen LogP contribution in [0.2, 0.25) is 0 Å². The van der Waals surface area contributed by atoms with E-state index in [0.29, 0.717) is 27.8 Å². The second-order valence-corrected chi connectivity index (χ2v) is 7.83. The van der Waals surface area contributed by atoms with Gasteiger partial charge in [0.1, 0.15) is 11.1 Å². The number of H-pyrrole nitrogens is 1. The van der Waals surface area contributed by atoms with Crippen molar-refractivity contribution < 1.29 is 4.79 Å². The molecular formula is C17H18N4O2S2. The summed E-state index contributed by atoms with van der Waals surface area (Å²) in [4.78, 5) is 32.0. The zero-order valence-corrected chi connectivity index (χ0v) is 15.5. The Morgan fingerprint density at radius 3 is 3.04 bits per heavy atom. The molecule has 0 spiro atoms. The van der Waals surface area contributed by atoms with Gasteiger partial charge in [0, 0.05) is 16.6 Å². The Morgan fingerprint density at radius 2 is 2.28 bits per heavy atom. The Kier molecular flexibility index (Phi) is 5.56. The molecule has 2 aromatic heterocycles. The molecule has 0 saturated carbocycles. The smallest absolute Gasteiger partial charge is 0.251 e. The Balaban J connectivity index is 1.67. The number of amides is 1. The number of carbonyl (C=O) groups excluding carboxylic acids is 1. The number of rotatable bonds is 5. The highest BCUT2D eigenvalue weighted by Gasteiger charge is 2.21. The third-order valence-electron chi connectivity index (χ3n) is 4.01. The zero-order chi connectivity index (χ0) is 17.8. The summed E-state index contributed by atoms with van der Waals surface area (Å²) in [6, 6.07) is 3.69. The van der Waals surface area contributed by atoms with E-state index < -0.39 is 0 Å². The highest BCUT2D eigenvalue weighted by atomic mass is 32.2. The summed E-state index contributed by atoms with van der Waals surface area (Å²) in [7, 11) is 0. The van der Waals surface area contributed by atoms with Crippen molar-refractivity contribution in [1.82, 2.24) is 9.97 Å². The first-order chi connectivity index (χ1) is 12.1. The Morgan fingerprint density at radius 1 is 1.48 bits per heavy atom. The van der Waals surface area contributed by atoms with Gasteiger partial charge >= 0.3 is 0 Å². The SMILES string of the molecule is CCc1cc(=O)[nH]c(SCC(=O)Nc2sc3c(c2C#N)CCCC3)n1. The average molecular weight is 374 g/mol. The number of nitrogens with one attached hydrogen (secondary N) is 2. The van der Waals surface area contributed by atoms with Crippen LogP contribution in [-0.2, 0) is 24.1 Å². The lowest BCUT2D eigenvalue weighted by Gasteiger charge is -2.09. The molecule has 2 N–H and O–H groups in total. The number of anilines is 1. The minimum atomic E-state index is -0.215. The van der Waals surface area contributed by atoms with E-state index in [2.05, 4.69) is 21.4 Å². The summed E-state index contributed by atoms with van der Waals surface area (Å²) in [5, 5.41) is 13.3. The molecule has 25 heavy (non-hydrogen) atoms. The van der Waals surface area contributed by atoms with Crippen molar-refractivity contribution >= 4 is 34.0 Å². The molecule has 6 nitrogen and oxygen atoms in total. The standard InChI is InChI=1S/C17H18N4O2S2/c1-2-10-7-14(22)21-17(19-10)24-9-15(23)20-16-12(8-18)11-5-3-4-6-13(11)25-16/h7H,2-6,9H2,1H3,(H,20,23)(H,19,21,22). The highest BCUT2D eigenvalue weighted by Crippen LogP contribution is 2.37. The third-order valence-corrected chi connectivity index (χ3v) is 6.09. The second kappa shape index (κ2) is 7.85. The molecule has 0 aromatic carbocycles. The molecular weight excluding hydrogens is 356 g/mol. The van der Waals surface area contributed by atoms with Crippen LogP contribution in [0.1, 0.15) is 41.5 Å². The van der Waals surface area contributed by atoms with Crippen LogP contribution in [0, 0.1) is 11.3 Å². The van der Waals surface area contributed by atoms with Gasteiger partial charge in [-0.05, 0) is 37.7 Å². The number of nitriles is 1. The van der Waals surface area contributed by atoms with E-state index in [1.54, 1.807) is 0 Å². The lowest BCUT2D eigenvalue weighted by atomic mass is 9.96. The maximum Gasteiger partial charge on any atom is 0.251 e. The topological polar surface area (TPSA) is 98.6 Å². The van der Waals surface area contributed by atoms with Crippen molar-refractivity contribution in [2.45, 2.75) is 44.2 Å². The van der Waals surface area contributed by atoms with E-state index in [1.165, 1.54) is 34.0 Å². The monoisotopic (exact) mass is 374 g/mol. The summed E-state index contributed by atoms with van der Waals surface area (Å²) in [6.45, 7) is 1.92. The molecule has 0 atom stereocenters. The van der Waals surface area contributed by atoms with Crippen molar-refractivity contribution in [1.29, 1.82) is 5.26 Å². The number of hydrogen-bond acceptors (Lipinski definition) is 6. The first-order valence-electron chi connectivity index (χ1n) is 8.18. The fourth-order valence-electron chi connectivity index (χ4n) is 2.80. The number of aromatic nitrogens is 2. The third kappa shape index (κ3) is 4.11. The molecule has 0 radical (unpaired) electrons. The molecule has 1 aliphatic rings. The lowest BCUT2D eigenvalue weighted by molar-refractivity contribution is -0.113. The summed E-state index contributed by atoms with van der Waals surface area (Å²) in [5.74, 6) is -0.0755. The fourth-order valence-corrected chi connectivity index (χ4v) is 4.75. The quantitative estimate of drug-likeness (QED) is 0.619. The van der Waals surface area contributed by atoms with E-state index in [-0.39, 0.29) is 17.2 Å². The number of nitrogens with zero attached hydrogens (tertiary/aromatic N) is 2. The number of carbonyl (C=O) groups is 1. The largest absolute Gasteiger partial charge is 0.316 e. The number of hydrogen-bond donors (Lipinski definition) is 2. The average Bonchev–Trinajstić information content (AvgIpc) is 2.96. The summed E-state index contributed by atoms with van der Waals surface area (Å²) < 4.78 is 0. The van der Waals surface area contributed by atoms with Crippen LogP contribution in [0.3, 0.4) is 0 Å². The van der Waals surface area contributed by atoms with Gasteiger partial charge < -0.3 is 10.3 Å². The molecule has 0 fully saturated rings. The molecule has 130 valence electrons. The van der Waals surface area contributed by atoms with Crippen LogP contribution < -0.4 is 10.9 Å². The van der Waals surface area contributed by atoms with E-state index in [4.69, 9.17) is 0 Å². The number of aromatic amines is 1. The van der Waals surface area contributed by atoms with Gasteiger partial charge in [-0.3, -0.25) is 9.59 Å². The molecule has 0 aliphatic heterocycles. The van der Waals surface area contributed by atoms with Crippen molar-refractivity contribution in [2.24, 2.45) is 0 Å². The van der Waals surface area contributed by atoms with Gasteiger partial charge in [0.2, 0.25) is 5.91 Å². The molecule has 2 heterocycles. The molecule has 0 bridgehead atoms. The van der Waals surface area contributed by atoms with Gasteiger partial charge in [0.05, 0.1) is 11.3 Å². The number of thioether (sulfide) groups is 1. The Hall–Kier alpha value is -2.11. The summed E-state index contributed by atoms with van der Waals surface area (Å²) in [6.07, 6.45) is 4.78. The van der Waals surface area contributed by atoms with Crippen LogP contribution in [0.5, 0.6) is 0 Å². The minimum absolute atomic E-state index is 0.129. The van der Waals surface area contributed by atoms with Crippen molar-refractivity contribution in [3.63, 3.8) is 0 Å². The predicted molar refractivity (Wildman–Crippen MR) is 99.3 cm³/mol. The number of thiophene rings is 1. The minimum Gasteiger partial charge on any atom is -0.316 e. The van der Waals surface area contributed by atoms with Gasteiger partial charge in [-0.2, -0.15) is 5.26 Å². The second-order valence-electron chi connectivity index (χ2n) is 5.76. The summed E-state index contributed by atoms with van der Waals surface area (Å²) in [5.41, 5.74) is 2.19. The number of fused-ring (bicyclic) bond motifs is 1. The van der Waals surface area contributed by atoms with Gasteiger partial charge in [-0.1, -0.05) is 18.7 Å². The zero-order valence-electron chi connectivity index (χ0n) is 13.8. The van der Waals surface area contributed by atoms with Crippen molar-refractivity contribution in [2.75, 3.05) is 11.1 Å². The van der Waals surface area contributed by atoms with Crippen LogP contribution in [0.25, 0.3) is 0 Å². The number of aryl methyl sites for hydroxylation is 2. The van der Waals surface area contributed by atoms with Crippen LogP contribution in [0.4, 0.5) is 5.00 Å². The maximum atomic E-state index is 12.3. The first kappa shape index (κ1) is 17.7. The van der Waals surface area contributed by atoms with Crippen LogP contribution >= 0.6 is 23.1 Å². The van der Waals surface area contributed by atoms with Crippen molar-refractivity contribution in [3.8, 4) is 6.07 Å². The van der Waals surface area contributed by atoms with E-state index >= 15 is 0 Å². The molecule has 1 aliphatic carbocycles. The van der Waals surface area contributed by atoms with E-state index in [0.717, 1.165) is 31.2 Å². The first-order valence-corrected chi connectivity index (χ1v) is 9.98. The van der Waals surface area contributed by atoms with Gasteiger partial charge in [0.15, 0.2) is 5.16 Å². The molecule has 1 amide bonds. The molecule has 0 saturated heterocycles. The van der Waals surface area contributed by atoms with E-state index in [9.17, 15) is 14.9 Å². The molecule has 0 unspecified atom stereocenters. The van der Waals surface area contributed by atoms with Crippen LogP contribution in [0.15, 0.2) is 16.0 Å². The lowest BCUT2D eigenvalue weighted by Crippen LogP contribution is -2.15. The molecule has 8 heteroatoms. The highest BCUT2D eigenvalue weighted by molar-refractivity contribution is 7.99. The fraction of sp³-hybridized carbons (Fsp3) is 0.412.